The van der Waals surface area contributed by atoms with E-state index < -0.39 is 11.7 Å². The van der Waals surface area contributed by atoms with Gasteiger partial charge in [0.15, 0.2) is 23.1 Å². The van der Waals surface area contributed by atoms with E-state index in [4.69, 9.17) is 4.74 Å². The number of carbonyl (C=O) groups excluding carboxylic acids is 2. The molecule has 0 spiro atoms. The highest BCUT2D eigenvalue weighted by molar-refractivity contribution is 6.29. The van der Waals surface area contributed by atoms with E-state index in [1.54, 1.807) is 30.3 Å². The van der Waals surface area contributed by atoms with E-state index in [0.717, 1.165) is 0 Å². The highest BCUT2D eigenvalue weighted by atomic mass is 19.1. The first kappa shape index (κ1) is 12.5. The summed E-state index contributed by atoms with van der Waals surface area (Å²) in [5.41, 5.74) is 1.16. The van der Waals surface area contributed by atoms with Gasteiger partial charge in [0, 0.05) is 11.1 Å². The summed E-state index contributed by atoms with van der Waals surface area (Å²) in [6, 6.07) is 10.8. The fraction of sp³-hybridized carbons (Fsp3) is 0.125. The number of Topliss-reactive ketones (excluding diaryl/α,β-unsaturated/α-hetero) is 2. The van der Waals surface area contributed by atoms with Crippen molar-refractivity contribution in [3.05, 3.63) is 65.0 Å². The second kappa shape index (κ2) is 4.56. The minimum Gasteiger partial charge on any atom is -0.494 e. The highest BCUT2D eigenvalue weighted by Crippen LogP contribution is 2.35. The van der Waals surface area contributed by atoms with Crippen LogP contribution in [0.5, 0.6) is 5.75 Å². The predicted octanol–water partition coefficient (Wildman–Crippen LogP) is 3.00. The zero-order valence-corrected chi connectivity index (χ0v) is 10.7. The van der Waals surface area contributed by atoms with E-state index in [0.29, 0.717) is 16.7 Å². The van der Waals surface area contributed by atoms with Crippen LogP contribution in [-0.2, 0) is 0 Å². The lowest BCUT2D eigenvalue weighted by molar-refractivity contribution is 0.0890. The summed E-state index contributed by atoms with van der Waals surface area (Å²) in [6.45, 7) is 0. The van der Waals surface area contributed by atoms with Crippen molar-refractivity contribution in [3.63, 3.8) is 0 Å². The number of ether oxygens (including phenoxy) is 1. The van der Waals surface area contributed by atoms with Crippen LogP contribution in [0.4, 0.5) is 4.39 Å². The molecule has 0 atom stereocenters. The number of methoxy groups -OCH3 is 1. The van der Waals surface area contributed by atoms with Gasteiger partial charge in [0.25, 0.3) is 0 Å². The first-order valence-electron chi connectivity index (χ1n) is 6.14. The van der Waals surface area contributed by atoms with E-state index in [-0.39, 0.29) is 17.3 Å². The van der Waals surface area contributed by atoms with Gasteiger partial charge in [-0.25, -0.2) is 4.39 Å². The van der Waals surface area contributed by atoms with Crippen LogP contribution < -0.4 is 4.74 Å². The molecule has 0 aliphatic heterocycles. The van der Waals surface area contributed by atoms with Crippen molar-refractivity contribution in [2.45, 2.75) is 5.92 Å². The lowest BCUT2D eigenvalue weighted by Crippen LogP contribution is -2.13. The third-order valence-corrected chi connectivity index (χ3v) is 3.49. The number of carbonyl (C=O) groups is 2. The highest BCUT2D eigenvalue weighted by Gasteiger charge is 2.39. The van der Waals surface area contributed by atoms with Gasteiger partial charge in [-0.2, -0.15) is 0 Å². The molecule has 0 bridgehead atoms. The van der Waals surface area contributed by atoms with Crippen molar-refractivity contribution < 1.29 is 18.7 Å². The maximum absolute atomic E-state index is 13.7. The molecule has 2 aromatic rings. The molecule has 0 heterocycles. The number of ketones is 2. The summed E-state index contributed by atoms with van der Waals surface area (Å²) < 4.78 is 18.6. The van der Waals surface area contributed by atoms with Crippen LogP contribution in [0.15, 0.2) is 42.5 Å². The van der Waals surface area contributed by atoms with Gasteiger partial charge in [0.1, 0.15) is 5.92 Å². The quantitative estimate of drug-likeness (QED) is 0.788. The Morgan fingerprint density at radius 1 is 1.00 bits per heavy atom. The van der Waals surface area contributed by atoms with Crippen LogP contribution in [0.25, 0.3) is 0 Å². The Morgan fingerprint density at radius 2 is 1.60 bits per heavy atom. The number of rotatable bonds is 2. The van der Waals surface area contributed by atoms with Gasteiger partial charge in [-0.1, -0.05) is 30.3 Å². The summed E-state index contributed by atoms with van der Waals surface area (Å²) >= 11 is 0. The SMILES string of the molecule is COc1ccc(C2C(=O)c3ccccc3C2=O)cc1F. The topological polar surface area (TPSA) is 43.4 Å². The van der Waals surface area contributed by atoms with Crippen LogP contribution in [0.3, 0.4) is 0 Å². The number of hydrogen-bond donors (Lipinski definition) is 0. The minimum absolute atomic E-state index is 0.0872. The molecule has 3 rings (SSSR count). The van der Waals surface area contributed by atoms with Crippen molar-refractivity contribution >= 4 is 11.6 Å². The van der Waals surface area contributed by atoms with Crippen molar-refractivity contribution in [1.82, 2.24) is 0 Å². The summed E-state index contributed by atoms with van der Waals surface area (Å²) in [5.74, 6) is -2.01. The monoisotopic (exact) mass is 270 g/mol. The maximum Gasteiger partial charge on any atom is 0.178 e. The Morgan fingerprint density at radius 3 is 2.10 bits per heavy atom. The van der Waals surface area contributed by atoms with Crippen LogP contribution in [0, 0.1) is 5.82 Å². The Labute approximate surface area is 115 Å². The largest absolute Gasteiger partial charge is 0.494 e. The lowest BCUT2D eigenvalue weighted by Gasteiger charge is -2.09. The van der Waals surface area contributed by atoms with Gasteiger partial charge in [-0.15, -0.1) is 0 Å². The molecule has 0 amide bonds. The molecule has 0 N–H and O–H groups in total. The summed E-state index contributed by atoms with van der Waals surface area (Å²) in [6.07, 6.45) is 0. The Hall–Kier alpha value is -2.49. The third kappa shape index (κ3) is 1.72. The number of fused-ring (bicyclic) bond motifs is 1. The van der Waals surface area contributed by atoms with E-state index in [9.17, 15) is 14.0 Å². The summed E-state index contributed by atoms with van der Waals surface area (Å²) in [7, 11) is 1.36. The molecule has 0 unspecified atom stereocenters. The van der Waals surface area contributed by atoms with Gasteiger partial charge < -0.3 is 4.74 Å². The summed E-state index contributed by atoms with van der Waals surface area (Å²) in [4.78, 5) is 24.6. The number of hydrogen-bond acceptors (Lipinski definition) is 3. The smallest absolute Gasteiger partial charge is 0.178 e. The molecule has 0 saturated carbocycles. The van der Waals surface area contributed by atoms with E-state index in [2.05, 4.69) is 0 Å². The van der Waals surface area contributed by atoms with Crippen molar-refractivity contribution in [2.75, 3.05) is 7.11 Å². The van der Waals surface area contributed by atoms with Gasteiger partial charge in [0.05, 0.1) is 7.11 Å². The van der Waals surface area contributed by atoms with Crippen molar-refractivity contribution in [1.29, 1.82) is 0 Å². The van der Waals surface area contributed by atoms with Crippen LogP contribution in [0.1, 0.15) is 32.2 Å². The second-order valence-corrected chi connectivity index (χ2v) is 4.60. The van der Waals surface area contributed by atoms with E-state index >= 15 is 0 Å². The molecule has 0 saturated heterocycles. The first-order chi connectivity index (χ1) is 9.63. The summed E-state index contributed by atoms with van der Waals surface area (Å²) in [5, 5.41) is 0. The second-order valence-electron chi connectivity index (χ2n) is 4.60. The average Bonchev–Trinajstić information content (AvgIpc) is 2.71. The molecular weight excluding hydrogens is 259 g/mol. The average molecular weight is 270 g/mol. The fourth-order valence-corrected chi connectivity index (χ4v) is 2.51. The molecule has 2 aromatic carbocycles. The fourth-order valence-electron chi connectivity index (χ4n) is 2.51. The van der Waals surface area contributed by atoms with E-state index in [1.165, 1.54) is 19.2 Å². The third-order valence-electron chi connectivity index (χ3n) is 3.49. The van der Waals surface area contributed by atoms with Crippen LogP contribution in [0.2, 0.25) is 0 Å². The number of halogens is 1. The number of benzene rings is 2. The molecular formula is C16H11FO3. The zero-order chi connectivity index (χ0) is 14.3. The Balaban J connectivity index is 2.07. The molecule has 0 radical (unpaired) electrons. The Bertz CT molecular complexity index is 686. The molecule has 0 fully saturated rings. The lowest BCUT2D eigenvalue weighted by atomic mass is 9.94. The van der Waals surface area contributed by atoms with Gasteiger partial charge in [0.2, 0.25) is 0 Å². The standard InChI is InChI=1S/C16H11FO3/c1-20-13-7-6-9(8-12(13)17)14-15(18)10-4-2-3-5-11(10)16(14)19/h2-8,14H,1H3. The Kier molecular flexibility index (Phi) is 2.86. The van der Waals surface area contributed by atoms with Gasteiger partial charge >= 0.3 is 0 Å². The van der Waals surface area contributed by atoms with Crippen molar-refractivity contribution in [2.24, 2.45) is 0 Å². The normalized spacial score (nSPS) is 14.5. The minimum atomic E-state index is -0.951. The van der Waals surface area contributed by atoms with E-state index in [1.807, 2.05) is 0 Å². The molecule has 4 heteroatoms. The zero-order valence-electron chi connectivity index (χ0n) is 10.7. The molecule has 1 aliphatic carbocycles. The predicted molar refractivity (Wildman–Crippen MR) is 70.8 cm³/mol. The van der Waals surface area contributed by atoms with Crippen LogP contribution in [-0.4, -0.2) is 18.7 Å². The van der Waals surface area contributed by atoms with Gasteiger partial charge in [-0.05, 0) is 17.7 Å². The van der Waals surface area contributed by atoms with Crippen molar-refractivity contribution in [3.8, 4) is 5.75 Å². The molecule has 3 nitrogen and oxygen atoms in total. The van der Waals surface area contributed by atoms with Crippen LogP contribution >= 0.6 is 0 Å². The molecule has 100 valence electrons. The molecule has 0 aromatic heterocycles. The molecule has 1 aliphatic rings. The first-order valence-corrected chi connectivity index (χ1v) is 6.14. The maximum atomic E-state index is 13.7. The van der Waals surface area contributed by atoms with Gasteiger partial charge in [-0.3, -0.25) is 9.59 Å². The molecule has 20 heavy (non-hydrogen) atoms.